The predicted octanol–water partition coefficient (Wildman–Crippen LogP) is 3.41. The number of carbonyl (C=O) groups is 1. The highest BCUT2D eigenvalue weighted by Crippen LogP contribution is 2.44. The maximum atomic E-state index is 12.3. The van der Waals surface area contributed by atoms with Crippen molar-refractivity contribution in [1.82, 2.24) is 9.80 Å². The van der Waals surface area contributed by atoms with Gasteiger partial charge in [0.15, 0.2) is 0 Å². The van der Waals surface area contributed by atoms with Gasteiger partial charge in [-0.2, -0.15) is 0 Å². The van der Waals surface area contributed by atoms with E-state index in [2.05, 4.69) is 11.8 Å². The van der Waals surface area contributed by atoms with Gasteiger partial charge in [0.1, 0.15) is 5.75 Å². The second kappa shape index (κ2) is 6.50. The Kier molecular flexibility index (Phi) is 4.77. The van der Waals surface area contributed by atoms with E-state index in [1.54, 1.807) is 13.2 Å². The molecule has 0 aromatic heterocycles. The molecule has 2 aliphatic rings. The molecule has 1 unspecified atom stereocenters. The van der Waals surface area contributed by atoms with Crippen molar-refractivity contribution in [2.45, 2.75) is 37.8 Å². The Bertz CT molecular complexity index is 623. The SMILES string of the molecule is COc1ccc(Cl)c(Cl)c1[C@@H]1CCN2C(=O)CN(C)C(C)[C@@H]2C1. The van der Waals surface area contributed by atoms with Crippen molar-refractivity contribution in [2.75, 3.05) is 27.2 Å². The van der Waals surface area contributed by atoms with Crippen LogP contribution < -0.4 is 4.74 Å². The van der Waals surface area contributed by atoms with E-state index in [1.165, 1.54) is 0 Å². The van der Waals surface area contributed by atoms with Crippen LogP contribution in [0, 0.1) is 0 Å². The summed E-state index contributed by atoms with van der Waals surface area (Å²) in [5.41, 5.74) is 0.981. The van der Waals surface area contributed by atoms with Crippen LogP contribution in [-0.4, -0.2) is 55.0 Å². The first-order valence-corrected chi connectivity index (χ1v) is 8.71. The number of hydrogen-bond acceptors (Lipinski definition) is 3. The van der Waals surface area contributed by atoms with Crippen molar-refractivity contribution in [3.63, 3.8) is 0 Å². The molecule has 6 heteroatoms. The third-order valence-corrected chi connectivity index (χ3v) is 6.14. The molecule has 1 aromatic carbocycles. The highest BCUT2D eigenvalue weighted by Gasteiger charge is 2.41. The second-order valence-electron chi connectivity index (χ2n) is 6.51. The average Bonchev–Trinajstić information content (AvgIpc) is 2.54. The van der Waals surface area contributed by atoms with Gasteiger partial charge in [0.05, 0.1) is 23.7 Å². The van der Waals surface area contributed by atoms with Gasteiger partial charge < -0.3 is 9.64 Å². The first-order chi connectivity index (χ1) is 10.9. The number of methoxy groups -OCH3 is 1. The molecule has 0 bridgehead atoms. The number of hydrogen-bond donors (Lipinski definition) is 0. The molecule has 0 spiro atoms. The Morgan fingerprint density at radius 1 is 1.30 bits per heavy atom. The minimum Gasteiger partial charge on any atom is -0.496 e. The summed E-state index contributed by atoms with van der Waals surface area (Å²) < 4.78 is 5.51. The van der Waals surface area contributed by atoms with E-state index in [4.69, 9.17) is 27.9 Å². The number of piperidine rings is 1. The third kappa shape index (κ3) is 2.92. The number of carbonyl (C=O) groups excluding carboxylic acids is 1. The fraction of sp³-hybridized carbons (Fsp3) is 0.588. The van der Waals surface area contributed by atoms with Gasteiger partial charge in [-0.3, -0.25) is 9.69 Å². The quantitative estimate of drug-likeness (QED) is 0.813. The van der Waals surface area contributed by atoms with E-state index in [9.17, 15) is 4.79 Å². The zero-order valence-electron chi connectivity index (χ0n) is 13.7. The Hall–Kier alpha value is -0.970. The molecule has 4 nitrogen and oxygen atoms in total. The van der Waals surface area contributed by atoms with Crippen LogP contribution in [0.1, 0.15) is 31.2 Å². The van der Waals surface area contributed by atoms with Crippen molar-refractivity contribution in [2.24, 2.45) is 0 Å². The van der Waals surface area contributed by atoms with Crippen molar-refractivity contribution < 1.29 is 9.53 Å². The molecular weight excluding hydrogens is 335 g/mol. The number of rotatable bonds is 2. The van der Waals surface area contributed by atoms with Crippen LogP contribution in [0.4, 0.5) is 0 Å². The smallest absolute Gasteiger partial charge is 0.237 e. The second-order valence-corrected chi connectivity index (χ2v) is 7.29. The maximum absolute atomic E-state index is 12.3. The van der Waals surface area contributed by atoms with Crippen LogP contribution in [0.3, 0.4) is 0 Å². The topological polar surface area (TPSA) is 32.8 Å². The summed E-state index contributed by atoms with van der Waals surface area (Å²) >= 11 is 12.7. The summed E-state index contributed by atoms with van der Waals surface area (Å²) in [6.45, 7) is 3.45. The minimum atomic E-state index is 0.208. The van der Waals surface area contributed by atoms with E-state index >= 15 is 0 Å². The highest BCUT2D eigenvalue weighted by molar-refractivity contribution is 6.42. The fourth-order valence-corrected chi connectivity index (χ4v) is 4.35. The normalized spacial score (nSPS) is 28.7. The molecule has 0 saturated carbocycles. The number of amides is 1. The summed E-state index contributed by atoms with van der Waals surface area (Å²) in [6, 6.07) is 4.18. The number of piperazine rings is 1. The van der Waals surface area contributed by atoms with E-state index in [1.807, 2.05) is 18.0 Å². The molecule has 23 heavy (non-hydrogen) atoms. The van der Waals surface area contributed by atoms with Gasteiger partial charge in [-0.25, -0.2) is 0 Å². The fourth-order valence-electron chi connectivity index (χ4n) is 3.88. The Morgan fingerprint density at radius 2 is 2.04 bits per heavy atom. The molecule has 1 amide bonds. The Balaban J connectivity index is 1.92. The highest BCUT2D eigenvalue weighted by atomic mass is 35.5. The molecule has 0 N–H and O–H groups in total. The van der Waals surface area contributed by atoms with Gasteiger partial charge in [-0.05, 0) is 44.9 Å². The van der Waals surface area contributed by atoms with Crippen molar-refractivity contribution in [3.8, 4) is 5.75 Å². The molecule has 3 rings (SSSR count). The minimum absolute atomic E-state index is 0.208. The van der Waals surface area contributed by atoms with Crippen molar-refractivity contribution >= 4 is 29.1 Å². The third-order valence-electron chi connectivity index (χ3n) is 5.32. The number of ether oxygens (including phenoxy) is 1. The van der Waals surface area contributed by atoms with Gasteiger partial charge in [0, 0.05) is 24.2 Å². The Morgan fingerprint density at radius 3 is 2.74 bits per heavy atom. The summed E-state index contributed by atoms with van der Waals surface area (Å²) in [5.74, 6) is 1.25. The van der Waals surface area contributed by atoms with Crippen molar-refractivity contribution in [1.29, 1.82) is 0 Å². The van der Waals surface area contributed by atoms with Gasteiger partial charge in [0.25, 0.3) is 0 Å². The van der Waals surface area contributed by atoms with Crippen LogP contribution in [0.5, 0.6) is 5.75 Å². The number of fused-ring (bicyclic) bond motifs is 1. The summed E-state index contributed by atoms with van der Waals surface area (Å²) in [6.07, 6.45) is 1.77. The summed E-state index contributed by atoms with van der Waals surface area (Å²) in [7, 11) is 3.66. The molecule has 0 radical (unpaired) electrons. The van der Waals surface area contributed by atoms with E-state index in [0.717, 1.165) is 30.7 Å². The van der Waals surface area contributed by atoms with Crippen LogP contribution in [0.15, 0.2) is 12.1 Å². The van der Waals surface area contributed by atoms with Crippen LogP contribution in [-0.2, 0) is 4.79 Å². The first-order valence-electron chi connectivity index (χ1n) is 7.95. The lowest BCUT2D eigenvalue weighted by Gasteiger charge is -2.49. The zero-order valence-corrected chi connectivity index (χ0v) is 15.2. The Labute approximate surface area is 147 Å². The first kappa shape index (κ1) is 16.9. The lowest BCUT2D eigenvalue weighted by Crippen LogP contribution is -2.62. The molecule has 2 heterocycles. The summed E-state index contributed by atoms with van der Waals surface area (Å²) in [4.78, 5) is 16.4. The summed E-state index contributed by atoms with van der Waals surface area (Å²) in [5, 5.41) is 1.13. The number of likely N-dealkylation sites (N-methyl/N-ethyl adjacent to an activating group) is 1. The molecule has 0 aliphatic carbocycles. The number of nitrogens with zero attached hydrogens (tertiary/aromatic N) is 2. The molecular formula is C17H22Cl2N2O2. The molecule has 126 valence electrons. The molecule has 3 atom stereocenters. The van der Waals surface area contributed by atoms with Crippen molar-refractivity contribution in [3.05, 3.63) is 27.7 Å². The monoisotopic (exact) mass is 356 g/mol. The van der Waals surface area contributed by atoms with Gasteiger partial charge in [-0.15, -0.1) is 0 Å². The van der Waals surface area contributed by atoms with Gasteiger partial charge >= 0.3 is 0 Å². The van der Waals surface area contributed by atoms with Crippen LogP contribution in [0.2, 0.25) is 10.0 Å². The molecule has 2 fully saturated rings. The molecule has 2 aliphatic heterocycles. The molecule has 2 saturated heterocycles. The number of halogens is 2. The van der Waals surface area contributed by atoms with Crippen LogP contribution in [0.25, 0.3) is 0 Å². The standard InChI is InChI=1S/C17H22Cl2N2O2/c1-10-13-8-11(6-7-21(13)15(22)9-20(10)2)16-14(23-3)5-4-12(18)17(16)19/h4-5,10-11,13H,6-9H2,1-3H3/t10?,11-,13+/m1/s1. The average molecular weight is 357 g/mol. The largest absolute Gasteiger partial charge is 0.496 e. The van der Waals surface area contributed by atoms with E-state index < -0.39 is 0 Å². The van der Waals surface area contributed by atoms with Gasteiger partial charge in [0.2, 0.25) is 5.91 Å². The predicted molar refractivity (Wildman–Crippen MR) is 92.6 cm³/mol. The maximum Gasteiger partial charge on any atom is 0.237 e. The van der Waals surface area contributed by atoms with Crippen LogP contribution >= 0.6 is 23.2 Å². The van der Waals surface area contributed by atoms with E-state index in [-0.39, 0.29) is 17.9 Å². The number of benzene rings is 1. The lowest BCUT2D eigenvalue weighted by atomic mass is 9.81. The zero-order chi connectivity index (χ0) is 16.7. The van der Waals surface area contributed by atoms with E-state index in [0.29, 0.717) is 22.6 Å². The lowest BCUT2D eigenvalue weighted by molar-refractivity contribution is -0.144. The molecule has 1 aromatic rings. The van der Waals surface area contributed by atoms with Gasteiger partial charge in [-0.1, -0.05) is 23.2 Å².